The Morgan fingerprint density at radius 2 is 0.897 bits per heavy atom. The van der Waals surface area contributed by atoms with E-state index in [-0.39, 0.29) is 31.3 Å². The molecule has 0 heterocycles. The molecule has 2 aromatic rings. The molecular formula is C27H46N4O6P2. The number of benzene rings is 2. The van der Waals surface area contributed by atoms with Gasteiger partial charge in [-0.2, -0.15) is 0 Å². The quantitative estimate of drug-likeness (QED) is 0.243. The highest BCUT2D eigenvalue weighted by atomic mass is 31.2. The third-order valence-electron chi connectivity index (χ3n) is 4.63. The fourth-order valence-corrected chi connectivity index (χ4v) is 5.48. The van der Waals surface area contributed by atoms with Crippen LogP contribution in [0.4, 0.5) is 0 Å². The van der Waals surface area contributed by atoms with Gasteiger partial charge in [0.15, 0.2) is 0 Å². The van der Waals surface area contributed by atoms with Gasteiger partial charge < -0.3 is 19.7 Å². The minimum absolute atomic E-state index is 0. The molecule has 2 aromatic carbocycles. The molecule has 0 aliphatic rings. The van der Waals surface area contributed by atoms with Crippen LogP contribution in [0.5, 0.6) is 11.5 Å². The molecule has 0 saturated heterocycles. The number of rotatable bonds is 12. The number of amides is 2. The van der Waals surface area contributed by atoms with Gasteiger partial charge in [0.05, 0.1) is 12.1 Å². The van der Waals surface area contributed by atoms with Crippen LogP contribution in [-0.2, 0) is 18.7 Å². The molecule has 0 bridgehead atoms. The monoisotopic (exact) mass is 584 g/mol. The van der Waals surface area contributed by atoms with Gasteiger partial charge in [-0.25, -0.2) is 0 Å². The van der Waals surface area contributed by atoms with Crippen molar-refractivity contribution in [3.8, 4) is 11.5 Å². The summed E-state index contributed by atoms with van der Waals surface area (Å²) in [5, 5.41) is 11.0. The van der Waals surface area contributed by atoms with Crippen molar-refractivity contribution in [2.45, 2.75) is 73.1 Å². The normalized spacial score (nSPS) is 15.2. The molecule has 4 atom stereocenters. The number of hydrogen-bond donors (Lipinski definition) is 4. The van der Waals surface area contributed by atoms with Crippen molar-refractivity contribution in [3.05, 3.63) is 60.7 Å². The second kappa shape index (κ2) is 17.1. The lowest BCUT2D eigenvalue weighted by Gasteiger charge is -2.20. The smallest absolute Gasteiger partial charge is 0.340 e. The van der Waals surface area contributed by atoms with Crippen molar-refractivity contribution < 1.29 is 27.8 Å². The lowest BCUT2D eigenvalue weighted by atomic mass is 10.3. The van der Waals surface area contributed by atoms with E-state index in [0.717, 1.165) is 0 Å². The molecule has 0 aliphatic heterocycles. The van der Waals surface area contributed by atoms with E-state index in [1.807, 2.05) is 39.8 Å². The second-order valence-corrected chi connectivity index (χ2v) is 13.7. The molecule has 2 rings (SSSR count). The van der Waals surface area contributed by atoms with Crippen LogP contribution in [0.25, 0.3) is 0 Å². The molecular weight excluding hydrogens is 538 g/mol. The molecule has 0 aliphatic carbocycles. The first-order valence-electron chi connectivity index (χ1n) is 12.4. The van der Waals surface area contributed by atoms with Crippen LogP contribution in [0.1, 0.15) is 49.0 Å². The number of para-hydroxylation sites is 2. The van der Waals surface area contributed by atoms with E-state index < -0.39 is 27.1 Å². The summed E-state index contributed by atoms with van der Waals surface area (Å²) in [7, 11) is -6.41. The first-order valence-corrected chi connectivity index (χ1v) is 16.5. The third kappa shape index (κ3) is 16.2. The highest BCUT2D eigenvalue weighted by Gasteiger charge is 2.25. The summed E-state index contributed by atoms with van der Waals surface area (Å²) in [6.45, 7) is 14.0. The van der Waals surface area contributed by atoms with Gasteiger partial charge in [-0.1, -0.05) is 71.5 Å². The van der Waals surface area contributed by atoms with E-state index >= 15 is 0 Å². The van der Waals surface area contributed by atoms with Crippen LogP contribution in [0.3, 0.4) is 0 Å². The predicted octanol–water partition coefficient (Wildman–Crippen LogP) is 5.42. The van der Waals surface area contributed by atoms with E-state index in [1.165, 1.54) is 13.3 Å². The van der Waals surface area contributed by atoms with Gasteiger partial charge in [-0.3, -0.25) is 28.9 Å². The van der Waals surface area contributed by atoms with Crippen LogP contribution in [0, 0.1) is 0 Å². The SMILES string of the molecule is C.CC(C)NC(C)C(=O)N[P@@](C)(=O)Oc1ccccc1.CC(C)NC(C)C(=O)N[P@](C)(=O)Oc1ccccc1. The molecule has 220 valence electrons. The van der Waals surface area contributed by atoms with Gasteiger partial charge in [-0.05, 0) is 38.1 Å². The van der Waals surface area contributed by atoms with E-state index in [9.17, 15) is 18.7 Å². The third-order valence-corrected chi connectivity index (χ3v) is 7.00. The highest BCUT2D eigenvalue weighted by Crippen LogP contribution is 2.39. The fourth-order valence-electron chi connectivity index (χ4n) is 3.16. The summed E-state index contributed by atoms with van der Waals surface area (Å²) in [5.74, 6) is 0.266. The van der Waals surface area contributed by atoms with E-state index in [2.05, 4.69) is 20.8 Å². The lowest BCUT2D eigenvalue weighted by Crippen LogP contribution is -2.44. The zero-order valence-electron chi connectivity index (χ0n) is 23.4. The molecule has 0 radical (unpaired) electrons. The van der Waals surface area contributed by atoms with Crippen LogP contribution in [0.2, 0.25) is 0 Å². The number of carbonyl (C=O) groups excluding carboxylic acids is 2. The fraction of sp³-hybridized carbons (Fsp3) is 0.481. The maximum absolute atomic E-state index is 12.2. The van der Waals surface area contributed by atoms with Crippen molar-refractivity contribution in [2.24, 2.45) is 0 Å². The summed E-state index contributed by atoms with van der Waals surface area (Å²) in [5.41, 5.74) is 0. The topological polar surface area (TPSA) is 135 Å². The summed E-state index contributed by atoms with van der Waals surface area (Å²) >= 11 is 0. The second-order valence-electron chi connectivity index (χ2n) is 9.54. The molecule has 0 saturated carbocycles. The van der Waals surface area contributed by atoms with E-state index in [4.69, 9.17) is 9.05 Å². The Morgan fingerprint density at radius 1 is 0.615 bits per heavy atom. The van der Waals surface area contributed by atoms with Crippen molar-refractivity contribution in [3.63, 3.8) is 0 Å². The van der Waals surface area contributed by atoms with E-state index in [0.29, 0.717) is 11.5 Å². The van der Waals surface area contributed by atoms with Crippen molar-refractivity contribution in [1.29, 1.82) is 0 Å². The average molecular weight is 585 g/mol. The Kier molecular flexibility index (Phi) is 16.0. The van der Waals surface area contributed by atoms with Crippen molar-refractivity contribution in [1.82, 2.24) is 20.8 Å². The number of hydrogen-bond acceptors (Lipinski definition) is 8. The molecule has 0 spiro atoms. The molecule has 10 nitrogen and oxygen atoms in total. The number of carbonyl (C=O) groups is 2. The van der Waals surface area contributed by atoms with Gasteiger partial charge in [-0.15, -0.1) is 0 Å². The van der Waals surface area contributed by atoms with Crippen LogP contribution in [0.15, 0.2) is 60.7 Å². The first kappa shape index (κ1) is 36.4. The zero-order chi connectivity index (χ0) is 28.9. The zero-order valence-corrected chi connectivity index (χ0v) is 25.2. The largest absolute Gasteiger partial charge is 0.429 e. The van der Waals surface area contributed by atoms with Crippen LogP contribution >= 0.6 is 15.0 Å². The highest BCUT2D eigenvalue weighted by molar-refractivity contribution is 7.57. The maximum Gasteiger partial charge on any atom is 0.340 e. The Balaban J connectivity index is 0.000000722. The molecule has 0 aromatic heterocycles. The van der Waals surface area contributed by atoms with Crippen molar-refractivity contribution >= 4 is 26.9 Å². The van der Waals surface area contributed by atoms with Gasteiger partial charge in [0.25, 0.3) is 0 Å². The Bertz CT molecular complexity index is 1010. The molecule has 39 heavy (non-hydrogen) atoms. The van der Waals surface area contributed by atoms with E-state index in [1.54, 1.807) is 62.4 Å². The molecule has 12 heteroatoms. The summed E-state index contributed by atoms with van der Waals surface area (Å²) < 4.78 is 35.1. The van der Waals surface area contributed by atoms with Crippen LogP contribution in [-0.4, -0.2) is 49.3 Å². The van der Waals surface area contributed by atoms with Gasteiger partial charge in [0, 0.05) is 25.4 Å². The molecule has 0 fully saturated rings. The maximum atomic E-state index is 12.2. The average Bonchev–Trinajstić information content (AvgIpc) is 2.78. The minimum atomic E-state index is -3.21. The summed E-state index contributed by atoms with van der Waals surface area (Å²) in [6, 6.07) is 17.0. The standard InChI is InChI=1S/2C13H21N2O3P.CH4/c2*1-10(2)14-11(3)13(16)15-19(4,17)18-12-8-6-5-7-9-12;/h2*5-11,14H,1-4H3,(H,15,16,17);1H4/t2*11?,19-;/m10./s1. The Morgan fingerprint density at radius 3 is 1.15 bits per heavy atom. The van der Waals surface area contributed by atoms with Gasteiger partial charge >= 0.3 is 15.0 Å². The molecule has 4 N–H and O–H groups in total. The lowest BCUT2D eigenvalue weighted by molar-refractivity contribution is -0.122. The predicted molar refractivity (Wildman–Crippen MR) is 160 cm³/mol. The molecule has 2 amide bonds. The van der Waals surface area contributed by atoms with Gasteiger partial charge in [0.2, 0.25) is 11.8 Å². The summed E-state index contributed by atoms with van der Waals surface area (Å²) in [6.07, 6.45) is 0. The Labute approximate surface area is 234 Å². The first-order chi connectivity index (χ1) is 17.6. The summed E-state index contributed by atoms with van der Waals surface area (Å²) in [4.78, 5) is 23.7. The Hall–Kier alpha value is -2.64. The molecule has 2 unspecified atom stereocenters. The van der Waals surface area contributed by atoms with Gasteiger partial charge in [0.1, 0.15) is 11.5 Å². The minimum Gasteiger partial charge on any atom is -0.429 e. The van der Waals surface area contributed by atoms with Crippen molar-refractivity contribution in [2.75, 3.05) is 13.3 Å². The number of nitrogens with one attached hydrogen (secondary N) is 4. The van der Waals surface area contributed by atoms with Crippen LogP contribution < -0.4 is 29.9 Å².